The maximum absolute atomic E-state index is 13.0. The zero-order valence-corrected chi connectivity index (χ0v) is 55.8. The van der Waals surface area contributed by atoms with Gasteiger partial charge in [-0.2, -0.15) is 0 Å². The van der Waals surface area contributed by atoms with Crippen LogP contribution in [0.25, 0.3) is 0 Å². The molecule has 498 valence electrons. The Morgan fingerprint density at radius 1 is 0.333 bits per heavy atom. The lowest BCUT2D eigenvalue weighted by atomic mass is 10.00. The van der Waals surface area contributed by atoms with Crippen molar-refractivity contribution in [2.75, 3.05) is 39.6 Å². The van der Waals surface area contributed by atoms with Gasteiger partial charge in [-0.1, -0.05) is 279 Å². The standard InChI is InChI=1S/C65H126O17P2/c1-6-10-13-16-19-21-22-23-24-25-26-27-28-29-31-34-41-46-51-65(70)82-61(55-76-63(68)49-44-39-36-35-37-42-47-58(5)9-4)57-80-84(73,74)78-53-59(66)52-77-83(71,72)79-56-60(54-75-62(67)48-43-38-32-18-15-12-8-3)81-64(69)50-45-40-33-30-20-17-14-11-7-2/h58-61,66H,6-57H2,1-5H3,(H,71,72)(H,73,74)/t58?,59-,60+,61+/m0/s1. The number of rotatable bonds is 65. The van der Waals surface area contributed by atoms with E-state index in [1.165, 1.54) is 135 Å². The molecule has 0 aromatic rings. The largest absolute Gasteiger partial charge is 0.472 e. The maximum atomic E-state index is 13.0. The van der Waals surface area contributed by atoms with Crippen LogP contribution in [-0.2, 0) is 65.4 Å². The molecular weight excluding hydrogens is 1110 g/mol. The van der Waals surface area contributed by atoms with Crippen molar-refractivity contribution in [1.82, 2.24) is 0 Å². The minimum atomic E-state index is -4.94. The van der Waals surface area contributed by atoms with Crippen LogP contribution in [0.4, 0.5) is 0 Å². The number of carbonyl (C=O) groups excluding carboxylic acids is 4. The summed E-state index contributed by atoms with van der Waals surface area (Å²) in [7, 11) is -9.88. The maximum Gasteiger partial charge on any atom is 0.472 e. The summed E-state index contributed by atoms with van der Waals surface area (Å²) in [5.74, 6) is -1.41. The lowest BCUT2D eigenvalue weighted by molar-refractivity contribution is -0.161. The summed E-state index contributed by atoms with van der Waals surface area (Å²) in [4.78, 5) is 72.1. The molecule has 0 spiro atoms. The van der Waals surface area contributed by atoms with Crippen molar-refractivity contribution in [2.24, 2.45) is 5.92 Å². The molecule has 0 amide bonds. The van der Waals surface area contributed by atoms with Gasteiger partial charge in [-0.05, 0) is 31.6 Å². The average Bonchev–Trinajstić information content (AvgIpc) is 3.55. The molecule has 0 aromatic heterocycles. The highest BCUT2D eigenvalue weighted by molar-refractivity contribution is 7.47. The molecular formula is C65H126O17P2. The fourth-order valence-corrected chi connectivity index (χ4v) is 11.3. The summed E-state index contributed by atoms with van der Waals surface area (Å²) in [5, 5.41) is 10.5. The Balaban J connectivity index is 5.16. The zero-order valence-electron chi connectivity index (χ0n) is 54.0. The highest BCUT2D eigenvalue weighted by atomic mass is 31.2. The Morgan fingerprint density at radius 2 is 0.571 bits per heavy atom. The van der Waals surface area contributed by atoms with E-state index >= 15 is 0 Å². The zero-order chi connectivity index (χ0) is 62.0. The summed E-state index contributed by atoms with van der Waals surface area (Å²) in [5.41, 5.74) is 0. The fraction of sp³-hybridized carbons (Fsp3) is 0.938. The van der Waals surface area contributed by atoms with Crippen LogP contribution in [0.15, 0.2) is 0 Å². The number of unbranched alkanes of at least 4 members (excludes halogenated alkanes) is 36. The van der Waals surface area contributed by atoms with Crippen LogP contribution in [0, 0.1) is 5.92 Å². The number of carbonyl (C=O) groups is 4. The smallest absolute Gasteiger partial charge is 0.462 e. The Bertz CT molecular complexity index is 1640. The molecule has 84 heavy (non-hydrogen) atoms. The molecule has 0 aromatic carbocycles. The molecule has 3 unspecified atom stereocenters. The van der Waals surface area contributed by atoms with Crippen LogP contribution in [0.5, 0.6) is 0 Å². The summed E-state index contributed by atoms with van der Waals surface area (Å²) in [6, 6.07) is 0. The molecule has 19 heteroatoms. The summed E-state index contributed by atoms with van der Waals surface area (Å²) in [6.07, 6.45) is 43.3. The van der Waals surface area contributed by atoms with Crippen LogP contribution in [0.1, 0.15) is 330 Å². The van der Waals surface area contributed by atoms with E-state index in [9.17, 15) is 43.2 Å². The van der Waals surface area contributed by atoms with Crippen LogP contribution >= 0.6 is 15.6 Å². The Labute approximate surface area is 511 Å². The minimum absolute atomic E-state index is 0.105. The predicted molar refractivity (Wildman–Crippen MR) is 335 cm³/mol. The first-order valence-electron chi connectivity index (χ1n) is 34.2. The lowest BCUT2D eigenvalue weighted by Crippen LogP contribution is -2.30. The van der Waals surface area contributed by atoms with Crippen molar-refractivity contribution in [3.63, 3.8) is 0 Å². The summed E-state index contributed by atoms with van der Waals surface area (Å²) >= 11 is 0. The van der Waals surface area contributed by atoms with E-state index in [1.54, 1.807) is 0 Å². The molecule has 0 heterocycles. The van der Waals surface area contributed by atoms with E-state index in [0.717, 1.165) is 115 Å². The van der Waals surface area contributed by atoms with Gasteiger partial charge in [0.05, 0.1) is 26.4 Å². The highest BCUT2D eigenvalue weighted by Gasteiger charge is 2.30. The molecule has 0 saturated heterocycles. The van der Waals surface area contributed by atoms with Gasteiger partial charge in [0.2, 0.25) is 0 Å². The van der Waals surface area contributed by atoms with E-state index in [2.05, 4.69) is 34.6 Å². The second-order valence-electron chi connectivity index (χ2n) is 23.7. The number of hydrogen-bond donors (Lipinski definition) is 3. The van der Waals surface area contributed by atoms with E-state index in [-0.39, 0.29) is 25.7 Å². The topological polar surface area (TPSA) is 237 Å². The normalized spacial score (nSPS) is 14.5. The number of phosphoric acid groups is 2. The molecule has 0 radical (unpaired) electrons. The quantitative estimate of drug-likeness (QED) is 0.0222. The monoisotopic (exact) mass is 1240 g/mol. The first-order valence-corrected chi connectivity index (χ1v) is 37.2. The Morgan fingerprint density at radius 3 is 0.845 bits per heavy atom. The molecule has 17 nitrogen and oxygen atoms in total. The van der Waals surface area contributed by atoms with Gasteiger partial charge < -0.3 is 33.8 Å². The third-order valence-electron chi connectivity index (χ3n) is 15.4. The first-order chi connectivity index (χ1) is 40.6. The number of phosphoric ester groups is 2. The second-order valence-corrected chi connectivity index (χ2v) is 26.7. The first kappa shape index (κ1) is 82.1. The van der Waals surface area contributed by atoms with Crippen molar-refractivity contribution in [1.29, 1.82) is 0 Å². The highest BCUT2D eigenvalue weighted by Crippen LogP contribution is 2.45. The van der Waals surface area contributed by atoms with Gasteiger partial charge in [-0.25, -0.2) is 9.13 Å². The van der Waals surface area contributed by atoms with E-state index < -0.39 is 97.5 Å². The van der Waals surface area contributed by atoms with Gasteiger partial charge in [0.25, 0.3) is 0 Å². The van der Waals surface area contributed by atoms with Gasteiger partial charge in [0, 0.05) is 25.7 Å². The molecule has 0 fully saturated rings. The number of esters is 4. The summed E-state index contributed by atoms with van der Waals surface area (Å²) in [6.45, 7) is 7.11. The molecule has 0 saturated carbocycles. The van der Waals surface area contributed by atoms with Crippen molar-refractivity contribution >= 4 is 39.5 Å². The van der Waals surface area contributed by atoms with Crippen molar-refractivity contribution in [3.05, 3.63) is 0 Å². The Hall–Kier alpha value is -1.94. The van der Waals surface area contributed by atoms with Crippen molar-refractivity contribution < 1.29 is 80.2 Å². The predicted octanol–water partition coefficient (Wildman–Crippen LogP) is 18.2. The Kier molecular flexibility index (Phi) is 57.4. The van der Waals surface area contributed by atoms with Gasteiger partial charge in [-0.15, -0.1) is 0 Å². The van der Waals surface area contributed by atoms with Crippen LogP contribution in [0.3, 0.4) is 0 Å². The van der Waals surface area contributed by atoms with Gasteiger partial charge in [-0.3, -0.25) is 37.3 Å². The summed E-state index contributed by atoms with van der Waals surface area (Å²) < 4.78 is 67.9. The number of aliphatic hydroxyl groups excluding tert-OH is 1. The third-order valence-corrected chi connectivity index (χ3v) is 17.3. The van der Waals surface area contributed by atoms with Gasteiger partial charge >= 0.3 is 39.5 Å². The molecule has 3 N–H and O–H groups in total. The van der Waals surface area contributed by atoms with E-state index in [4.69, 9.17) is 37.0 Å². The fourth-order valence-electron chi connectivity index (χ4n) is 9.73. The number of ether oxygens (including phenoxy) is 4. The number of hydrogen-bond acceptors (Lipinski definition) is 15. The van der Waals surface area contributed by atoms with Crippen LogP contribution < -0.4 is 0 Å². The number of aliphatic hydroxyl groups is 1. The van der Waals surface area contributed by atoms with E-state index in [0.29, 0.717) is 25.7 Å². The van der Waals surface area contributed by atoms with Crippen LogP contribution in [0.2, 0.25) is 0 Å². The lowest BCUT2D eigenvalue weighted by Gasteiger charge is -2.21. The molecule has 0 aliphatic rings. The average molecular weight is 1240 g/mol. The van der Waals surface area contributed by atoms with E-state index in [1.807, 2.05) is 0 Å². The SMILES string of the molecule is CCCCCCCCCCCCCCCCCCCCC(=O)O[C@H](COC(=O)CCCCCCCCC(C)CC)COP(=O)(O)OC[C@@H](O)COP(=O)(O)OC[C@@H](COC(=O)CCCCCCCCC)OC(=O)CCCCCCCCCCC. The van der Waals surface area contributed by atoms with Crippen molar-refractivity contribution in [3.8, 4) is 0 Å². The minimum Gasteiger partial charge on any atom is -0.462 e. The molecule has 0 aliphatic carbocycles. The van der Waals surface area contributed by atoms with Gasteiger partial charge in [0.1, 0.15) is 19.3 Å². The van der Waals surface area contributed by atoms with Crippen LogP contribution in [-0.4, -0.2) is 96.7 Å². The van der Waals surface area contributed by atoms with Gasteiger partial charge in [0.15, 0.2) is 12.2 Å². The second kappa shape index (κ2) is 58.7. The molecule has 6 atom stereocenters. The third kappa shape index (κ3) is 57.8. The van der Waals surface area contributed by atoms with Crippen molar-refractivity contribution in [2.45, 2.75) is 348 Å². The molecule has 0 rings (SSSR count). The molecule has 0 aliphatic heterocycles. The molecule has 0 bridgehead atoms.